The minimum absolute atomic E-state index is 0.0302. The third kappa shape index (κ3) is 4.20. The van der Waals surface area contributed by atoms with E-state index in [2.05, 4.69) is 15.0 Å². The Morgan fingerprint density at radius 1 is 1.25 bits per heavy atom. The number of nitrogens with one attached hydrogen (secondary N) is 1. The van der Waals surface area contributed by atoms with Crippen molar-refractivity contribution in [3.63, 3.8) is 0 Å². The second kappa shape index (κ2) is 6.46. The van der Waals surface area contributed by atoms with Gasteiger partial charge in [0, 0.05) is 6.07 Å². The molecular formula is C13H11FN2O4. The molecule has 6 nitrogen and oxygen atoms in total. The summed E-state index contributed by atoms with van der Waals surface area (Å²) in [6.07, 6.45) is 1.27. The van der Waals surface area contributed by atoms with Crippen LogP contribution in [0.1, 0.15) is 5.56 Å². The largest absolute Gasteiger partial charge is 0.455 e. The molecule has 1 aromatic heterocycles. The van der Waals surface area contributed by atoms with Crippen molar-refractivity contribution in [2.45, 2.75) is 6.42 Å². The Labute approximate surface area is 113 Å². The number of benzene rings is 1. The number of halogens is 1. The smallest absolute Gasteiger partial charge is 0.310 e. The molecule has 2 rings (SSSR count). The molecule has 0 spiro atoms. The molecule has 0 fully saturated rings. The molecule has 0 saturated heterocycles. The quantitative estimate of drug-likeness (QED) is 0.839. The first-order valence-corrected chi connectivity index (χ1v) is 5.74. The molecule has 0 bridgehead atoms. The molecule has 1 aromatic carbocycles. The third-order valence-electron chi connectivity index (χ3n) is 2.33. The highest BCUT2D eigenvalue weighted by atomic mass is 19.1. The van der Waals surface area contributed by atoms with Crippen LogP contribution in [0.4, 0.5) is 10.2 Å². The Bertz CT molecular complexity index is 581. The number of esters is 1. The first kappa shape index (κ1) is 13.7. The molecule has 0 saturated carbocycles. The van der Waals surface area contributed by atoms with Gasteiger partial charge in [0.2, 0.25) is 0 Å². The first-order valence-electron chi connectivity index (χ1n) is 5.74. The fourth-order valence-electron chi connectivity index (χ4n) is 1.42. The van der Waals surface area contributed by atoms with E-state index >= 15 is 0 Å². The number of carbonyl (C=O) groups is 2. The molecule has 7 heteroatoms. The lowest BCUT2D eigenvalue weighted by Gasteiger charge is -2.04. The number of amides is 1. The number of hydrogen-bond donors (Lipinski definition) is 1. The van der Waals surface area contributed by atoms with Crippen LogP contribution in [0.15, 0.2) is 41.1 Å². The molecule has 0 aliphatic rings. The van der Waals surface area contributed by atoms with Gasteiger partial charge in [-0.05, 0) is 17.7 Å². The average molecular weight is 278 g/mol. The van der Waals surface area contributed by atoms with Gasteiger partial charge >= 0.3 is 5.97 Å². The van der Waals surface area contributed by atoms with Gasteiger partial charge in [-0.25, -0.2) is 4.39 Å². The lowest BCUT2D eigenvalue weighted by molar-refractivity contribution is -0.146. The van der Waals surface area contributed by atoms with Gasteiger partial charge < -0.3 is 14.6 Å². The van der Waals surface area contributed by atoms with Gasteiger partial charge in [-0.3, -0.25) is 9.59 Å². The van der Waals surface area contributed by atoms with Crippen molar-refractivity contribution in [2.24, 2.45) is 0 Å². The van der Waals surface area contributed by atoms with Crippen molar-refractivity contribution >= 4 is 17.7 Å². The van der Waals surface area contributed by atoms with E-state index in [-0.39, 0.29) is 18.1 Å². The predicted molar refractivity (Wildman–Crippen MR) is 66.2 cm³/mol. The molecule has 20 heavy (non-hydrogen) atoms. The zero-order valence-corrected chi connectivity index (χ0v) is 10.3. The number of anilines is 1. The van der Waals surface area contributed by atoms with Crippen LogP contribution in [0, 0.1) is 5.82 Å². The van der Waals surface area contributed by atoms with Crippen LogP contribution in [0.2, 0.25) is 0 Å². The maximum Gasteiger partial charge on any atom is 0.310 e. The van der Waals surface area contributed by atoms with E-state index in [9.17, 15) is 14.0 Å². The summed E-state index contributed by atoms with van der Waals surface area (Å²) in [5, 5.41) is 5.85. The number of ether oxygens (including phenoxy) is 1. The Kier molecular flexibility index (Phi) is 4.43. The zero-order valence-electron chi connectivity index (χ0n) is 10.3. The second-order valence-electron chi connectivity index (χ2n) is 3.90. The van der Waals surface area contributed by atoms with E-state index in [4.69, 9.17) is 4.74 Å². The number of hydrogen-bond acceptors (Lipinski definition) is 5. The maximum absolute atomic E-state index is 12.7. The third-order valence-corrected chi connectivity index (χ3v) is 2.33. The monoisotopic (exact) mass is 278 g/mol. The van der Waals surface area contributed by atoms with Crippen molar-refractivity contribution in [3.8, 4) is 0 Å². The van der Waals surface area contributed by atoms with Crippen LogP contribution in [-0.2, 0) is 20.7 Å². The summed E-state index contributed by atoms with van der Waals surface area (Å²) in [6, 6.07) is 6.91. The molecular weight excluding hydrogens is 267 g/mol. The first-order chi connectivity index (χ1) is 9.63. The van der Waals surface area contributed by atoms with Gasteiger partial charge in [0.1, 0.15) is 12.1 Å². The number of carbonyl (C=O) groups excluding carboxylic acids is 2. The average Bonchev–Trinajstić information content (AvgIpc) is 2.92. The lowest BCUT2D eigenvalue weighted by Crippen LogP contribution is -2.21. The summed E-state index contributed by atoms with van der Waals surface area (Å²) >= 11 is 0. The highest BCUT2D eigenvalue weighted by Gasteiger charge is 2.09. The molecule has 104 valence electrons. The van der Waals surface area contributed by atoms with Crippen LogP contribution in [0.3, 0.4) is 0 Å². The van der Waals surface area contributed by atoms with Gasteiger partial charge in [0.15, 0.2) is 12.4 Å². The fraction of sp³-hybridized carbons (Fsp3) is 0.154. The van der Waals surface area contributed by atoms with E-state index in [1.54, 1.807) is 0 Å². The van der Waals surface area contributed by atoms with Gasteiger partial charge in [-0.1, -0.05) is 17.3 Å². The molecule has 0 atom stereocenters. The minimum Gasteiger partial charge on any atom is -0.455 e. The molecule has 1 amide bonds. The Hall–Kier alpha value is -2.70. The number of aromatic nitrogens is 1. The van der Waals surface area contributed by atoms with Crippen molar-refractivity contribution in [1.29, 1.82) is 0 Å². The van der Waals surface area contributed by atoms with E-state index in [1.807, 2.05) is 0 Å². The van der Waals surface area contributed by atoms with Crippen LogP contribution in [0.25, 0.3) is 0 Å². The molecule has 0 radical (unpaired) electrons. The summed E-state index contributed by atoms with van der Waals surface area (Å²) in [5.74, 6) is -1.24. The van der Waals surface area contributed by atoms with Crippen LogP contribution in [0.5, 0.6) is 0 Å². The molecule has 1 N–H and O–H groups in total. The Morgan fingerprint density at radius 2 is 2.00 bits per heavy atom. The summed E-state index contributed by atoms with van der Waals surface area (Å²) < 4.78 is 22.0. The van der Waals surface area contributed by atoms with Gasteiger partial charge in [0.25, 0.3) is 5.91 Å². The molecule has 0 unspecified atom stereocenters. The normalized spacial score (nSPS) is 10.1. The summed E-state index contributed by atoms with van der Waals surface area (Å²) in [7, 11) is 0. The van der Waals surface area contributed by atoms with Gasteiger partial charge in [0.05, 0.1) is 6.42 Å². The van der Waals surface area contributed by atoms with Gasteiger partial charge in [-0.15, -0.1) is 0 Å². The summed E-state index contributed by atoms with van der Waals surface area (Å²) in [6.45, 7) is -0.424. The second-order valence-corrected chi connectivity index (χ2v) is 3.90. The molecule has 0 aliphatic carbocycles. The lowest BCUT2D eigenvalue weighted by atomic mass is 10.1. The van der Waals surface area contributed by atoms with Crippen LogP contribution >= 0.6 is 0 Å². The standard InChI is InChI=1S/C13H11FN2O4/c14-10-3-1-9(2-4-10)7-13(18)19-8-12(17)15-11-5-6-20-16-11/h1-6H,7-8H2,(H,15,16,17). The van der Waals surface area contributed by atoms with Crippen LogP contribution < -0.4 is 5.32 Å². The summed E-state index contributed by atoms with van der Waals surface area (Å²) in [4.78, 5) is 22.9. The van der Waals surface area contributed by atoms with Crippen molar-refractivity contribution in [2.75, 3.05) is 11.9 Å². The van der Waals surface area contributed by atoms with E-state index in [0.717, 1.165) is 0 Å². The Morgan fingerprint density at radius 3 is 2.65 bits per heavy atom. The topological polar surface area (TPSA) is 81.4 Å². The van der Waals surface area contributed by atoms with E-state index < -0.39 is 18.5 Å². The minimum atomic E-state index is -0.577. The number of rotatable bonds is 5. The molecule has 0 aliphatic heterocycles. The van der Waals surface area contributed by atoms with Crippen LogP contribution in [-0.4, -0.2) is 23.6 Å². The number of nitrogens with zero attached hydrogens (tertiary/aromatic N) is 1. The predicted octanol–water partition coefficient (Wildman–Crippen LogP) is 1.54. The fourth-order valence-corrected chi connectivity index (χ4v) is 1.42. The zero-order chi connectivity index (χ0) is 14.4. The Balaban J connectivity index is 1.74. The van der Waals surface area contributed by atoms with Gasteiger partial charge in [-0.2, -0.15) is 0 Å². The maximum atomic E-state index is 12.7. The van der Waals surface area contributed by atoms with Crippen molar-refractivity contribution < 1.29 is 23.2 Å². The highest BCUT2D eigenvalue weighted by molar-refractivity contribution is 5.91. The van der Waals surface area contributed by atoms with E-state index in [1.165, 1.54) is 36.6 Å². The van der Waals surface area contributed by atoms with Crippen molar-refractivity contribution in [3.05, 3.63) is 48.0 Å². The van der Waals surface area contributed by atoms with Crippen molar-refractivity contribution in [1.82, 2.24) is 5.16 Å². The summed E-state index contributed by atoms with van der Waals surface area (Å²) in [5.41, 5.74) is 0.605. The molecule has 1 heterocycles. The van der Waals surface area contributed by atoms with E-state index in [0.29, 0.717) is 5.56 Å². The SMILES string of the molecule is O=C(COC(=O)Cc1ccc(F)cc1)Nc1ccon1. The highest BCUT2D eigenvalue weighted by Crippen LogP contribution is 2.05. The molecule has 2 aromatic rings.